The first kappa shape index (κ1) is 22.4. The third kappa shape index (κ3) is 6.33. The highest BCUT2D eigenvalue weighted by Gasteiger charge is 2.25. The Balaban J connectivity index is 1.99. The molecule has 0 fully saturated rings. The van der Waals surface area contributed by atoms with Crippen molar-refractivity contribution in [1.29, 1.82) is 0 Å². The van der Waals surface area contributed by atoms with E-state index in [4.69, 9.17) is 4.74 Å². The third-order valence-corrected chi connectivity index (χ3v) is 6.54. The average Bonchev–Trinajstić information content (AvgIpc) is 2.70. The van der Waals surface area contributed by atoms with E-state index in [0.717, 1.165) is 11.1 Å². The zero-order chi connectivity index (χ0) is 20.4. The second-order valence-electron chi connectivity index (χ2n) is 6.38. The van der Waals surface area contributed by atoms with Crippen molar-refractivity contribution in [3.05, 3.63) is 89.1 Å². The molecule has 0 N–H and O–H groups in total. The Morgan fingerprint density at radius 3 is 2.43 bits per heavy atom. The normalized spacial score (nSPS) is 12.0. The van der Waals surface area contributed by atoms with Gasteiger partial charge >= 0.3 is 0 Å². The summed E-state index contributed by atoms with van der Waals surface area (Å²) in [7, 11) is -3.65. The number of nitrogens with zero attached hydrogens (tertiary/aromatic N) is 1. The van der Waals surface area contributed by atoms with E-state index in [1.807, 2.05) is 37.3 Å². The van der Waals surface area contributed by atoms with Crippen LogP contribution in [0.4, 0.5) is 0 Å². The number of hydrogen-bond donors (Lipinski definition) is 0. The Bertz CT molecular complexity index is 878. The molecule has 0 aliphatic carbocycles. The predicted molar refractivity (Wildman–Crippen MR) is 118 cm³/mol. The minimum absolute atomic E-state index is 0.207. The molecule has 0 aromatic heterocycles. The molecule has 0 spiro atoms. The number of ether oxygens (including phenoxy) is 1. The molecule has 28 heavy (non-hydrogen) atoms. The monoisotopic (exact) mass is 463 g/mol. The molecular formula is C22H26BrNO3S. The summed E-state index contributed by atoms with van der Waals surface area (Å²) in [5.41, 5.74) is 2.80. The van der Waals surface area contributed by atoms with Gasteiger partial charge in [-0.05, 0) is 37.5 Å². The van der Waals surface area contributed by atoms with Gasteiger partial charge in [-0.1, -0.05) is 70.0 Å². The van der Waals surface area contributed by atoms with Crippen LogP contribution in [-0.4, -0.2) is 25.9 Å². The molecule has 4 nitrogen and oxygen atoms in total. The predicted octanol–water partition coefficient (Wildman–Crippen LogP) is 5.41. The zero-order valence-electron chi connectivity index (χ0n) is 16.1. The van der Waals surface area contributed by atoms with Crippen LogP contribution in [0.2, 0.25) is 0 Å². The van der Waals surface area contributed by atoms with Crippen molar-refractivity contribution in [2.45, 2.75) is 31.3 Å². The molecule has 0 heterocycles. The molecule has 0 unspecified atom stereocenters. The Morgan fingerprint density at radius 2 is 1.82 bits per heavy atom. The molecule has 0 radical (unpaired) electrons. The first-order valence-corrected chi connectivity index (χ1v) is 11.5. The lowest BCUT2D eigenvalue weighted by molar-refractivity contribution is 0.118. The Morgan fingerprint density at radius 1 is 1.14 bits per heavy atom. The van der Waals surface area contributed by atoms with Gasteiger partial charge in [-0.15, -0.1) is 6.58 Å². The van der Waals surface area contributed by atoms with Gasteiger partial charge in [-0.25, -0.2) is 8.42 Å². The van der Waals surface area contributed by atoms with E-state index in [2.05, 4.69) is 22.5 Å². The van der Waals surface area contributed by atoms with E-state index < -0.39 is 10.0 Å². The maximum Gasteiger partial charge on any atom is 0.264 e. The highest BCUT2D eigenvalue weighted by Crippen LogP contribution is 2.24. The smallest absolute Gasteiger partial charge is 0.264 e. The molecule has 0 bridgehead atoms. The summed E-state index contributed by atoms with van der Waals surface area (Å²) in [6, 6.07) is 16.8. The summed E-state index contributed by atoms with van der Waals surface area (Å²) < 4.78 is 33.3. The van der Waals surface area contributed by atoms with E-state index >= 15 is 0 Å². The first-order chi connectivity index (χ1) is 13.5. The van der Waals surface area contributed by atoms with Crippen LogP contribution < -0.4 is 0 Å². The summed E-state index contributed by atoms with van der Waals surface area (Å²) in [5.74, 6) is 0. The van der Waals surface area contributed by atoms with Crippen molar-refractivity contribution in [2.24, 2.45) is 0 Å². The van der Waals surface area contributed by atoms with Crippen molar-refractivity contribution in [2.75, 3.05) is 13.2 Å². The molecular weight excluding hydrogens is 438 g/mol. The second-order valence-corrected chi connectivity index (χ2v) is 8.70. The van der Waals surface area contributed by atoms with Crippen LogP contribution in [0, 0.1) is 6.92 Å². The number of aryl methyl sites for hydroxylation is 1. The maximum absolute atomic E-state index is 13.1. The Labute approximate surface area is 176 Å². The first-order valence-electron chi connectivity index (χ1n) is 9.10. The van der Waals surface area contributed by atoms with Crippen LogP contribution in [0.15, 0.2) is 82.8 Å². The maximum atomic E-state index is 13.1. The molecule has 2 aromatic rings. The van der Waals surface area contributed by atoms with E-state index in [0.29, 0.717) is 31.8 Å². The standard InChI is InChI=1S/C22H26BrNO3S/c1-3-15-24(28(25,26)22-13-11-19(2)12-14-22)21(17-23)10-7-16-27-18-20-8-5-4-6-9-20/h3-6,8-9,11-14,17H,1,7,10,15-16,18H2,2H3/b21-17-. The fourth-order valence-corrected chi connectivity index (χ4v) is 4.78. The molecule has 2 aromatic carbocycles. The average molecular weight is 464 g/mol. The van der Waals surface area contributed by atoms with E-state index in [9.17, 15) is 8.42 Å². The molecule has 0 aliphatic rings. The van der Waals surface area contributed by atoms with Crippen molar-refractivity contribution >= 4 is 26.0 Å². The second kappa shape index (κ2) is 11.2. The van der Waals surface area contributed by atoms with Gasteiger partial charge in [0.15, 0.2) is 0 Å². The third-order valence-electron chi connectivity index (χ3n) is 4.18. The van der Waals surface area contributed by atoms with Crippen LogP contribution in [0.5, 0.6) is 0 Å². The van der Waals surface area contributed by atoms with Crippen molar-refractivity contribution in [1.82, 2.24) is 4.31 Å². The van der Waals surface area contributed by atoms with Crippen LogP contribution in [0.1, 0.15) is 24.0 Å². The quantitative estimate of drug-likeness (QED) is 0.330. The van der Waals surface area contributed by atoms with Gasteiger partial charge < -0.3 is 4.74 Å². The lowest BCUT2D eigenvalue weighted by Gasteiger charge is -2.25. The Kier molecular flexibility index (Phi) is 8.96. The molecule has 0 atom stereocenters. The van der Waals surface area contributed by atoms with Crippen LogP contribution >= 0.6 is 15.9 Å². The molecule has 0 amide bonds. The van der Waals surface area contributed by atoms with Crippen LogP contribution in [0.25, 0.3) is 0 Å². The summed E-state index contributed by atoms with van der Waals surface area (Å²) in [5, 5.41) is 0. The number of rotatable bonds is 11. The van der Waals surface area contributed by atoms with Gasteiger partial charge in [-0.3, -0.25) is 4.31 Å². The largest absolute Gasteiger partial charge is 0.377 e. The summed E-state index contributed by atoms with van der Waals surface area (Å²) in [4.78, 5) is 1.94. The molecule has 2 rings (SSSR count). The van der Waals surface area contributed by atoms with Gasteiger partial charge in [0.2, 0.25) is 0 Å². The number of hydrogen-bond acceptors (Lipinski definition) is 3. The zero-order valence-corrected chi connectivity index (χ0v) is 18.5. The fraction of sp³-hybridized carbons (Fsp3) is 0.273. The molecule has 6 heteroatoms. The minimum Gasteiger partial charge on any atom is -0.377 e. The number of allylic oxidation sites excluding steroid dienone is 1. The molecule has 150 valence electrons. The van der Waals surface area contributed by atoms with Gasteiger partial charge in [0, 0.05) is 17.3 Å². The summed E-state index contributed by atoms with van der Waals surface area (Å²) >= 11 is 3.33. The topological polar surface area (TPSA) is 46.6 Å². The molecule has 0 saturated heterocycles. The Hall–Kier alpha value is -1.89. The highest BCUT2D eigenvalue weighted by molar-refractivity contribution is 9.11. The lowest BCUT2D eigenvalue weighted by atomic mass is 10.2. The number of benzene rings is 2. The van der Waals surface area contributed by atoms with E-state index in [1.165, 1.54) is 4.31 Å². The van der Waals surface area contributed by atoms with Crippen LogP contribution in [-0.2, 0) is 21.4 Å². The van der Waals surface area contributed by atoms with Crippen molar-refractivity contribution < 1.29 is 13.2 Å². The van der Waals surface area contributed by atoms with Gasteiger partial charge in [0.25, 0.3) is 10.0 Å². The van der Waals surface area contributed by atoms with Crippen LogP contribution in [0.3, 0.4) is 0 Å². The van der Waals surface area contributed by atoms with Gasteiger partial charge in [0.05, 0.1) is 18.0 Å². The fourth-order valence-electron chi connectivity index (χ4n) is 2.68. The van der Waals surface area contributed by atoms with Crippen molar-refractivity contribution in [3.63, 3.8) is 0 Å². The van der Waals surface area contributed by atoms with Crippen molar-refractivity contribution in [3.8, 4) is 0 Å². The lowest BCUT2D eigenvalue weighted by Crippen LogP contribution is -2.30. The minimum atomic E-state index is -3.65. The SMILES string of the molecule is C=CCN(/C(=C\Br)CCCOCc1ccccc1)S(=O)(=O)c1ccc(C)cc1. The van der Waals surface area contributed by atoms with E-state index in [1.54, 1.807) is 35.3 Å². The number of sulfonamides is 1. The molecule has 0 saturated carbocycles. The van der Waals surface area contributed by atoms with Gasteiger partial charge in [-0.2, -0.15) is 0 Å². The molecule has 0 aliphatic heterocycles. The van der Waals surface area contributed by atoms with E-state index in [-0.39, 0.29) is 11.4 Å². The summed E-state index contributed by atoms with van der Waals surface area (Å²) in [6.45, 7) is 6.94. The summed E-state index contributed by atoms with van der Waals surface area (Å²) in [6.07, 6.45) is 2.87. The van der Waals surface area contributed by atoms with Gasteiger partial charge in [0.1, 0.15) is 0 Å². The highest BCUT2D eigenvalue weighted by atomic mass is 79.9. The number of halogens is 1.